The van der Waals surface area contributed by atoms with Gasteiger partial charge in [0.25, 0.3) is 0 Å². The van der Waals surface area contributed by atoms with Gasteiger partial charge in [-0.3, -0.25) is 0 Å². The molecule has 0 aliphatic heterocycles. The summed E-state index contributed by atoms with van der Waals surface area (Å²) in [5.74, 6) is 0.157. The second kappa shape index (κ2) is 6.18. The van der Waals surface area contributed by atoms with Gasteiger partial charge >= 0.3 is 6.61 Å². The van der Waals surface area contributed by atoms with Crippen LogP contribution in [0.4, 0.5) is 14.5 Å². The van der Waals surface area contributed by atoms with Gasteiger partial charge in [0.05, 0.1) is 0 Å². The minimum atomic E-state index is -2.80. The number of anilines is 1. The summed E-state index contributed by atoms with van der Waals surface area (Å²) in [6, 6.07) is 14.6. The molecule has 0 unspecified atom stereocenters. The molecule has 0 spiro atoms. The van der Waals surface area contributed by atoms with Crippen LogP contribution in [-0.2, 0) is 6.54 Å². The molecule has 0 saturated heterocycles. The van der Waals surface area contributed by atoms with Crippen molar-refractivity contribution in [3.05, 3.63) is 59.7 Å². The molecule has 0 bridgehead atoms. The maximum atomic E-state index is 12.1. The first kappa shape index (κ1) is 13.3. The second-order valence-corrected chi connectivity index (χ2v) is 4.19. The number of benzene rings is 2. The van der Waals surface area contributed by atoms with Gasteiger partial charge in [-0.25, -0.2) is 0 Å². The Morgan fingerprint density at radius 3 is 2.63 bits per heavy atom. The molecule has 2 nitrogen and oxygen atoms in total. The Hall–Kier alpha value is -2.10. The van der Waals surface area contributed by atoms with E-state index in [2.05, 4.69) is 10.1 Å². The average Bonchev–Trinajstić information content (AvgIpc) is 2.37. The van der Waals surface area contributed by atoms with E-state index in [4.69, 9.17) is 0 Å². The molecule has 0 aromatic heterocycles. The fourth-order valence-electron chi connectivity index (χ4n) is 1.79. The summed E-state index contributed by atoms with van der Waals surface area (Å²) in [5, 5.41) is 3.19. The molecule has 0 heterocycles. The summed E-state index contributed by atoms with van der Waals surface area (Å²) >= 11 is 0. The Balaban J connectivity index is 2.02. The van der Waals surface area contributed by atoms with E-state index in [1.807, 2.05) is 37.3 Å². The molecule has 0 atom stereocenters. The second-order valence-electron chi connectivity index (χ2n) is 4.19. The third kappa shape index (κ3) is 3.95. The Morgan fingerprint density at radius 1 is 1.11 bits per heavy atom. The lowest BCUT2D eigenvalue weighted by Crippen LogP contribution is -2.04. The molecule has 19 heavy (non-hydrogen) atoms. The summed E-state index contributed by atoms with van der Waals surface area (Å²) < 4.78 is 28.6. The molecule has 0 amide bonds. The number of ether oxygens (including phenoxy) is 1. The number of nitrogens with one attached hydrogen (secondary N) is 1. The summed E-state index contributed by atoms with van der Waals surface area (Å²) in [6.07, 6.45) is 0. The van der Waals surface area contributed by atoms with Gasteiger partial charge < -0.3 is 10.1 Å². The minimum absolute atomic E-state index is 0.157. The standard InChI is InChI=1S/C15H15F2NO/c1-11-5-2-3-6-12(11)10-18-13-7-4-8-14(9-13)19-15(16)17/h2-9,15,18H,10H2,1H3. The van der Waals surface area contributed by atoms with E-state index < -0.39 is 6.61 Å². The normalized spacial score (nSPS) is 10.5. The van der Waals surface area contributed by atoms with Crippen molar-refractivity contribution in [2.75, 3.05) is 5.32 Å². The van der Waals surface area contributed by atoms with Crippen molar-refractivity contribution < 1.29 is 13.5 Å². The lowest BCUT2D eigenvalue weighted by atomic mass is 10.1. The zero-order chi connectivity index (χ0) is 13.7. The smallest absolute Gasteiger partial charge is 0.387 e. The summed E-state index contributed by atoms with van der Waals surface area (Å²) in [7, 11) is 0. The lowest BCUT2D eigenvalue weighted by molar-refractivity contribution is -0.0498. The van der Waals surface area contributed by atoms with E-state index in [9.17, 15) is 8.78 Å². The Labute approximate surface area is 111 Å². The van der Waals surface area contributed by atoms with Crippen LogP contribution in [0, 0.1) is 6.92 Å². The minimum Gasteiger partial charge on any atom is -0.435 e. The first-order valence-electron chi connectivity index (χ1n) is 5.98. The maximum Gasteiger partial charge on any atom is 0.387 e. The van der Waals surface area contributed by atoms with Gasteiger partial charge in [-0.05, 0) is 30.2 Å². The molecule has 2 aromatic rings. The molecular formula is C15H15F2NO. The van der Waals surface area contributed by atoms with Gasteiger partial charge in [-0.15, -0.1) is 0 Å². The van der Waals surface area contributed by atoms with Gasteiger partial charge in [0.2, 0.25) is 0 Å². The van der Waals surface area contributed by atoms with Crippen LogP contribution >= 0.6 is 0 Å². The van der Waals surface area contributed by atoms with Crippen molar-refractivity contribution in [1.29, 1.82) is 0 Å². The predicted octanol–water partition coefficient (Wildman–Crippen LogP) is 4.21. The van der Waals surface area contributed by atoms with Crippen LogP contribution in [0.15, 0.2) is 48.5 Å². The zero-order valence-corrected chi connectivity index (χ0v) is 10.6. The largest absolute Gasteiger partial charge is 0.435 e. The lowest BCUT2D eigenvalue weighted by Gasteiger charge is -2.10. The highest BCUT2D eigenvalue weighted by molar-refractivity contribution is 5.48. The molecule has 4 heteroatoms. The molecule has 0 aliphatic carbocycles. The monoisotopic (exact) mass is 263 g/mol. The van der Waals surface area contributed by atoms with Crippen molar-refractivity contribution in [3.63, 3.8) is 0 Å². The molecule has 2 aromatic carbocycles. The van der Waals surface area contributed by atoms with Crippen LogP contribution in [0.1, 0.15) is 11.1 Å². The van der Waals surface area contributed by atoms with Crippen LogP contribution in [0.3, 0.4) is 0 Å². The number of halogens is 2. The summed E-state index contributed by atoms with van der Waals surface area (Å²) in [4.78, 5) is 0. The maximum absolute atomic E-state index is 12.1. The van der Waals surface area contributed by atoms with E-state index in [0.29, 0.717) is 6.54 Å². The van der Waals surface area contributed by atoms with E-state index in [-0.39, 0.29) is 5.75 Å². The van der Waals surface area contributed by atoms with Crippen LogP contribution in [-0.4, -0.2) is 6.61 Å². The van der Waals surface area contributed by atoms with Crippen LogP contribution in [0.5, 0.6) is 5.75 Å². The molecular weight excluding hydrogens is 248 g/mol. The third-order valence-electron chi connectivity index (χ3n) is 2.80. The Kier molecular flexibility index (Phi) is 4.34. The molecule has 100 valence electrons. The molecule has 0 fully saturated rings. The van der Waals surface area contributed by atoms with Gasteiger partial charge in [0.1, 0.15) is 5.75 Å². The van der Waals surface area contributed by atoms with E-state index in [0.717, 1.165) is 5.69 Å². The Morgan fingerprint density at radius 2 is 1.89 bits per heavy atom. The number of hydrogen-bond acceptors (Lipinski definition) is 2. The van der Waals surface area contributed by atoms with Crippen LogP contribution < -0.4 is 10.1 Å². The molecule has 2 rings (SSSR count). The van der Waals surface area contributed by atoms with Crippen LogP contribution in [0.2, 0.25) is 0 Å². The van der Waals surface area contributed by atoms with Gasteiger partial charge in [-0.1, -0.05) is 30.3 Å². The highest BCUT2D eigenvalue weighted by Gasteiger charge is 2.04. The van der Waals surface area contributed by atoms with Gasteiger partial charge in [0.15, 0.2) is 0 Å². The van der Waals surface area contributed by atoms with E-state index >= 15 is 0 Å². The number of aryl methyl sites for hydroxylation is 1. The average molecular weight is 263 g/mol. The van der Waals surface area contributed by atoms with Gasteiger partial charge in [-0.2, -0.15) is 8.78 Å². The van der Waals surface area contributed by atoms with Crippen molar-refractivity contribution >= 4 is 5.69 Å². The van der Waals surface area contributed by atoms with Crippen molar-refractivity contribution in [1.82, 2.24) is 0 Å². The van der Waals surface area contributed by atoms with Crippen molar-refractivity contribution in [2.24, 2.45) is 0 Å². The van der Waals surface area contributed by atoms with E-state index in [1.165, 1.54) is 17.2 Å². The first-order chi connectivity index (χ1) is 9.15. The molecule has 0 radical (unpaired) electrons. The quantitative estimate of drug-likeness (QED) is 0.872. The third-order valence-corrected chi connectivity index (χ3v) is 2.80. The number of rotatable bonds is 5. The Bertz CT molecular complexity index is 543. The fourth-order valence-corrected chi connectivity index (χ4v) is 1.79. The summed E-state index contributed by atoms with van der Waals surface area (Å²) in [5.41, 5.74) is 3.11. The fraction of sp³-hybridized carbons (Fsp3) is 0.200. The summed E-state index contributed by atoms with van der Waals surface area (Å²) in [6.45, 7) is -0.121. The van der Waals surface area contributed by atoms with E-state index in [1.54, 1.807) is 12.1 Å². The number of hydrogen-bond donors (Lipinski definition) is 1. The van der Waals surface area contributed by atoms with Crippen molar-refractivity contribution in [2.45, 2.75) is 20.1 Å². The topological polar surface area (TPSA) is 21.3 Å². The molecule has 0 aliphatic rings. The number of alkyl halides is 2. The highest BCUT2D eigenvalue weighted by Crippen LogP contribution is 2.20. The first-order valence-corrected chi connectivity index (χ1v) is 5.98. The van der Waals surface area contributed by atoms with Gasteiger partial charge in [0, 0.05) is 18.3 Å². The SMILES string of the molecule is Cc1ccccc1CNc1cccc(OC(F)F)c1. The van der Waals surface area contributed by atoms with Crippen LogP contribution in [0.25, 0.3) is 0 Å². The molecule has 1 N–H and O–H groups in total. The predicted molar refractivity (Wildman–Crippen MR) is 71.6 cm³/mol. The van der Waals surface area contributed by atoms with Crippen molar-refractivity contribution in [3.8, 4) is 5.75 Å². The molecule has 0 saturated carbocycles. The zero-order valence-electron chi connectivity index (χ0n) is 10.6. The highest BCUT2D eigenvalue weighted by atomic mass is 19.3.